The van der Waals surface area contributed by atoms with Crippen LogP contribution in [0.4, 0.5) is 0 Å². The zero-order valence-corrected chi connectivity index (χ0v) is 10.8. The van der Waals surface area contributed by atoms with E-state index in [4.69, 9.17) is 4.52 Å². The van der Waals surface area contributed by atoms with Crippen LogP contribution in [0.25, 0.3) is 11.0 Å². The Kier molecular flexibility index (Phi) is 3.45. The number of nitrogens with zero attached hydrogens (tertiary/aromatic N) is 2. The highest BCUT2D eigenvalue weighted by atomic mass is 16.5. The van der Waals surface area contributed by atoms with Crippen LogP contribution in [0.5, 0.6) is 0 Å². The van der Waals surface area contributed by atoms with Crippen LogP contribution in [0.1, 0.15) is 22.3 Å². The van der Waals surface area contributed by atoms with E-state index in [1.807, 2.05) is 6.07 Å². The van der Waals surface area contributed by atoms with E-state index in [9.17, 15) is 4.79 Å². The van der Waals surface area contributed by atoms with E-state index in [-0.39, 0.29) is 5.91 Å². The molecule has 0 radical (unpaired) electrons. The van der Waals surface area contributed by atoms with E-state index in [2.05, 4.69) is 20.4 Å². The molecule has 3 aromatic rings. The standard InChI is InChI=1S/C14H14N4O2/c19-14(15-5-1-2-10-7-18-20-8-10)11-3-4-12-13(6-11)17-9-16-12/h3-4,6-9H,1-2,5H2,(H,15,19)(H,16,17). The van der Waals surface area contributed by atoms with Crippen molar-refractivity contribution in [3.8, 4) is 0 Å². The molecule has 2 N–H and O–H groups in total. The highest BCUT2D eigenvalue weighted by Crippen LogP contribution is 2.11. The minimum absolute atomic E-state index is 0.0770. The number of amides is 1. The van der Waals surface area contributed by atoms with Crippen LogP contribution in [0, 0.1) is 0 Å². The molecule has 1 amide bonds. The zero-order chi connectivity index (χ0) is 13.8. The Morgan fingerprint density at radius 1 is 1.40 bits per heavy atom. The predicted octanol–water partition coefficient (Wildman–Crippen LogP) is 1.91. The number of aromatic amines is 1. The van der Waals surface area contributed by atoms with Crippen LogP contribution in [-0.4, -0.2) is 27.6 Å². The number of rotatable bonds is 5. The van der Waals surface area contributed by atoms with E-state index in [1.165, 1.54) is 0 Å². The minimum Gasteiger partial charge on any atom is -0.364 e. The summed E-state index contributed by atoms with van der Waals surface area (Å²) in [4.78, 5) is 19.1. The maximum atomic E-state index is 12.0. The van der Waals surface area contributed by atoms with Crippen molar-refractivity contribution in [2.45, 2.75) is 12.8 Å². The Hall–Kier alpha value is -2.63. The van der Waals surface area contributed by atoms with Crippen molar-refractivity contribution in [1.29, 1.82) is 0 Å². The molecule has 102 valence electrons. The average Bonchev–Trinajstić information content (AvgIpc) is 3.13. The van der Waals surface area contributed by atoms with Gasteiger partial charge in [-0.25, -0.2) is 4.98 Å². The van der Waals surface area contributed by atoms with E-state index in [0.717, 1.165) is 29.4 Å². The second kappa shape index (κ2) is 5.56. The molecule has 0 atom stereocenters. The second-order valence-electron chi connectivity index (χ2n) is 4.53. The third kappa shape index (κ3) is 2.69. The number of H-pyrrole nitrogens is 1. The smallest absolute Gasteiger partial charge is 0.251 e. The van der Waals surface area contributed by atoms with Gasteiger partial charge in [-0.1, -0.05) is 5.16 Å². The lowest BCUT2D eigenvalue weighted by molar-refractivity contribution is 0.0953. The summed E-state index contributed by atoms with van der Waals surface area (Å²) in [5.41, 5.74) is 3.39. The number of aryl methyl sites for hydroxylation is 1. The van der Waals surface area contributed by atoms with Crippen molar-refractivity contribution >= 4 is 16.9 Å². The van der Waals surface area contributed by atoms with Crippen molar-refractivity contribution in [3.63, 3.8) is 0 Å². The van der Waals surface area contributed by atoms with Crippen molar-refractivity contribution in [2.24, 2.45) is 0 Å². The molecule has 3 rings (SSSR count). The molecule has 2 heterocycles. The molecule has 0 saturated carbocycles. The highest BCUT2D eigenvalue weighted by molar-refractivity contribution is 5.97. The number of nitrogens with one attached hydrogen (secondary N) is 2. The molecule has 0 aliphatic heterocycles. The maximum absolute atomic E-state index is 12.0. The van der Waals surface area contributed by atoms with Gasteiger partial charge in [-0.05, 0) is 31.0 Å². The van der Waals surface area contributed by atoms with Crippen LogP contribution < -0.4 is 5.32 Å². The summed E-state index contributed by atoms with van der Waals surface area (Å²) in [7, 11) is 0. The summed E-state index contributed by atoms with van der Waals surface area (Å²) in [5, 5.41) is 6.53. The number of fused-ring (bicyclic) bond motifs is 1. The first-order valence-corrected chi connectivity index (χ1v) is 6.42. The summed E-state index contributed by atoms with van der Waals surface area (Å²) < 4.78 is 4.75. The molecule has 0 aliphatic rings. The van der Waals surface area contributed by atoms with Gasteiger partial charge >= 0.3 is 0 Å². The third-order valence-corrected chi connectivity index (χ3v) is 3.09. The van der Waals surface area contributed by atoms with Gasteiger partial charge in [0.2, 0.25) is 0 Å². The van der Waals surface area contributed by atoms with Crippen molar-refractivity contribution in [2.75, 3.05) is 6.54 Å². The van der Waals surface area contributed by atoms with Gasteiger partial charge in [0.05, 0.1) is 23.6 Å². The first kappa shape index (κ1) is 12.4. The monoisotopic (exact) mass is 270 g/mol. The first-order chi connectivity index (χ1) is 9.83. The zero-order valence-electron chi connectivity index (χ0n) is 10.8. The number of aromatic nitrogens is 3. The van der Waals surface area contributed by atoms with Crippen molar-refractivity contribution in [3.05, 3.63) is 48.1 Å². The molecule has 0 bridgehead atoms. The largest absolute Gasteiger partial charge is 0.364 e. The minimum atomic E-state index is -0.0770. The summed E-state index contributed by atoms with van der Waals surface area (Å²) in [5.74, 6) is -0.0770. The lowest BCUT2D eigenvalue weighted by Gasteiger charge is -2.04. The van der Waals surface area contributed by atoms with Gasteiger partial charge in [-0.2, -0.15) is 0 Å². The van der Waals surface area contributed by atoms with Crippen LogP contribution >= 0.6 is 0 Å². The maximum Gasteiger partial charge on any atom is 0.251 e. The summed E-state index contributed by atoms with van der Waals surface area (Å²) in [6.45, 7) is 0.616. The van der Waals surface area contributed by atoms with E-state index in [1.54, 1.807) is 30.9 Å². The molecule has 0 aliphatic carbocycles. The SMILES string of the molecule is O=C(NCCCc1cnoc1)c1ccc2nc[nH]c2c1. The number of carbonyl (C=O) groups excluding carboxylic acids is 1. The molecule has 0 saturated heterocycles. The van der Waals surface area contributed by atoms with Crippen LogP contribution in [-0.2, 0) is 6.42 Å². The van der Waals surface area contributed by atoms with E-state index < -0.39 is 0 Å². The summed E-state index contributed by atoms with van der Waals surface area (Å²) in [6.07, 6.45) is 6.61. The first-order valence-electron chi connectivity index (χ1n) is 6.42. The van der Waals surface area contributed by atoms with Gasteiger partial charge in [-0.3, -0.25) is 4.79 Å². The Bertz CT molecular complexity index is 703. The Morgan fingerprint density at radius 3 is 3.20 bits per heavy atom. The Morgan fingerprint density at radius 2 is 2.35 bits per heavy atom. The molecule has 0 fully saturated rings. The van der Waals surface area contributed by atoms with Crippen LogP contribution in [0.3, 0.4) is 0 Å². The summed E-state index contributed by atoms with van der Waals surface area (Å²) in [6, 6.07) is 5.41. The van der Waals surface area contributed by atoms with Crippen molar-refractivity contribution in [1.82, 2.24) is 20.4 Å². The quantitative estimate of drug-likeness (QED) is 0.694. The van der Waals surface area contributed by atoms with E-state index >= 15 is 0 Å². The number of imidazole rings is 1. The number of carbonyl (C=O) groups is 1. The molecule has 20 heavy (non-hydrogen) atoms. The van der Waals surface area contributed by atoms with Gasteiger partial charge < -0.3 is 14.8 Å². The third-order valence-electron chi connectivity index (χ3n) is 3.09. The molecule has 1 aromatic carbocycles. The van der Waals surface area contributed by atoms with Gasteiger partial charge in [0.15, 0.2) is 0 Å². The fourth-order valence-corrected chi connectivity index (χ4v) is 2.02. The summed E-state index contributed by atoms with van der Waals surface area (Å²) >= 11 is 0. The van der Waals surface area contributed by atoms with Gasteiger partial charge in [0.25, 0.3) is 5.91 Å². The number of benzene rings is 1. The molecule has 0 spiro atoms. The molecular formula is C14H14N4O2. The molecular weight excluding hydrogens is 256 g/mol. The molecule has 2 aromatic heterocycles. The lowest BCUT2D eigenvalue weighted by atomic mass is 10.1. The Balaban J connectivity index is 1.53. The van der Waals surface area contributed by atoms with Gasteiger partial charge in [0, 0.05) is 17.7 Å². The van der Waals surface area contributed by atoms with Crippen LogP contribution in [0.15, 0.2) is 41.5 Å². The normalized spacial score (nSPS) is 10.8. The molecule has 6 heteroatoms. The second-order valence-corrected chi connectivity index (χ2v) is 4.53. The topological polar surface area (TPSA) is 83.8 Å². The average molecular weight is 270 g/mol. The number of hydrogen-bond acceptors (Lipinski definition) is 4. The lowest BCUT2D eigenvalue weighted by Crippen LogP contribution is -2.24. The fraction of sp³-hybridized carbons (Fsp3) is 0.214. The predicted molar refractivity (Wildman–Crippen MR) is 73.3 cm³/mol. The van der Waals surface area contributed by atoms with Crippen LogP contribution in [0.2, 0.25) is 0 Å². The van der Waals surface area contributed by atoms with E-state index in [0.29, 0.717) is 12.1 Å². The fourth-order valence-electron chi connectivity index (χ4n) is 2.02. The van der Waals surface area contributed by atoms with Crippen molar-refractivity contribution < 1.29 is 9.32 Å². The number of hydrogen-bond donors (Lipinski definition) is 2. The highest BCUT2D eigenvalue weighted by Gasteiger charge is 2.06. The Labute approximate surface area is 115 Å². The molecule has 0 unspecified atom stereocenters. The van der Waals surface area contributed by atoms with Gasteiger partial charge in [-0.15, -0.1) is 0 Å². The molecule has 6 nitrogen and oxygen atoms in total. The van der Waals surface area contributed by atoms with Gasteiger partial charge in [0.1, 0.15) is 6.26 Å².